The third-order valence-corrected chi connectivity index (χ3v) is 5.82. The zero-order chi connectivity index (χ0) is 19.2. The van der Waals surface area contributed by atoms with Crippen LogP contribution in [0.4, 0.5) is 0 Å². The molecule has 0 amide bonds. The molecule has 0 aliphatic carbocycles. The third kappa shape index (κ3) is 5.06. The standard InChI is InChI=1S/C19H26N4O2S/c1-20-19(23(4)15-17-8-6-5-7-9-17)21-14-16-10-12-18(13-11-16)26(24,25)22(2)3/h5-13H,14-15H2,1-4H3,(H,20,21). The molecule has 0 bridgehead atoms. The highest BCUT2D eigenvalue weighted by molar-refractivity contribution is 7.89. The number of benzene rings is 2. The lowest BCUT2D eigenvalue weighted by molar-refractivity contribution is 0.476. The first-order valence-electron chi connectivity index (χ1n) is 8.32. The summed E-state index contributed by atoms with van der Waals surface area (Å²) in [7, 11) is 3.38. The molecule has 7 heteroatoms. The van der Waals surface area contributed by atoms with E-state index in [0.29, 0.717) is 6.54 Å². The van der Waals surface area contributed by atoms with Crippen molar-refractivity contribution in [1.82, 2.24) is 14.5 Å². The molecule has 0 aliphatic rings. The predicted octanol–water partition coefficient (Wildman–Crippen LogP) is 2.14. The Morgan fingerprint density at radius 1 is 0.962 bits per heavy atom. The van der Waals surface area contributed by atoms with E-state index in [1.54, 1.807) is 19.2 Å². The maximum atomic E-state index is 12.1. The average molecular weight is 375 g/mol. The molecule has 6 nitrogen and oxygen atoms in total. The summed E-state index contributed by atoms with van der Waals surface area (Å²) in [6.07, 6.45) is 0. The molecule has 0 heterocycles. The van der Waals surface area contributed by atoms with Crippen LogP contribution < -0.4 is 5.32 Å². The maximum absolute atomic E-state index is 12.1. The maximum Gasteiger partial charge on any atom is 0.242 e. The van der Waals surface area contributed by atoms with Gasteiger partial charge in [0.05, 0.1) is 4.90 Å². The molecule has 2 aromatic rings. The van der Waals surface area contributed by atoms with Crippen LogP contribution in [0.25, 0.3) is 0 Å². The van der Waals surface area contributed by atoms with Gasteiger partial charge in [-0.05, 0) is 23.3 Å². The topological polar surface area (TPSA) is 65.0 Å². The molecule has 140 valence electrons. The minimum atomic E-state index is -3.40. The largest absolute Gasteiger partial charge is 0.352 e. The molecule has 0 spiro atoms. The van der Waals surface area contributed by atoms with Crippen molar-refractivity contribution < 1.29 is 8.42 Å². The number of sulfonamides is 1. The molecule has 0 saturated heterocycles. The summed E-state index contributed by atoms with van der Waals surface area (Å²) in [6, 6.07) is 17.1. The SMILES string of the molecule is CN=C(NCc1ccc(S(=O)(=O)N(C)C)cc1)N(C)Cc1ccccc1. The average Bonchev–Trinajstić information content (AvgIpc) is 2.63. The van der Waals surface area contributed by atoms with Gasteiger partial charge in [-0.3, -0.25) is 4.99 Å². The summed E-state index contributed by atoms with van der Waals surface area (Å²) >= 11 is 0. The lowest BCUT2D eigenvalue weighted by atomic mass is 10.2. The second-order valence-electron chi connectivity index (χ2n) is 6.17. The lowest BCUT2D eigenvalue weighted by Gasteiger charge is -2.22. The van der Waals surface area contributed by atoms with Gasteiger partial charge >= 0.3 is 0 Å². The van der Waals surface area contributed by atoms with E-state index in [0.717, 1.165) is 18.1 Å². The van der Waals surface area contributed by atoms with Gasteiger partial charge in [0.2, 0.25) is 10.0 Å². The number of hydrogen-bond acceptors (Lipinski definition) is 3. The number of nitrogens with zero attached hydrogens (tertiary/aromatic N) is 3. The van der Waals surface area contributed by atoms with Gasteiger partial charge < -0.3 is 10.2 Å². The van der Waals surface area contributed by atoms with Crippen LogP contribution in [0, 0.1) is 0 Å². The Bertz CT molecular complexity index is 832. The van der Waals surface area contributed by atoms with Crippen LogP contribution in [-0.4, -0.2) is 51.8 Å². The quantitative estimate of drug-likeness (QED) is 0.622. The van der Waals surface area contributed by atoms with E-state index in [-0.39, 0.29) is 4.90 Å². The highest BCUT2D eigenvalue weighted by Gasteiger charge is 2.16. The van der Waals surface area contributed by atoms with Gasteiger partial charge in [0, 0.05) is 41.3 Å². The molecule has 2 rings (SSSR count). The monoisotopic (exact) mass is 374 g/mol. The number of aliphatic imine (C=N–C) groups is 1. The molecular formula is C19H26N4O2S. The van der Waals surface area contributed by atoms with Crippen molar-refractivity contribution in [3.05, 3.63) is 65.7 Å². The third-order valence-electron chi connectivity index (χ3n) is 3.99. The fraction of sp³-hybridized carbons (Fsp3) is 0.316. The fourth-order valence-corrected chi connectivity index (χ4v) is 3.39. The Kier molecular flexibility index (Phi) is 6.76. The van der Waals surface area contributed by atoms with Crippen molar-refractivity contribution in [3.63, 3.8) is 0 Å². The summed E-state index contributed by atoms with van der Waals surface area (Å²) < 4.78 is 25.4. The highest BCUT2D eigenvalue weighted by atomic mass is 32.2. The van der Waals surface area contributed by atoms with Gasteiger partial charge in [-0.1, -0.05) is 42.5 Å². The van der Waals surface area contributed by atoms with Crippen LogP contribution in [0.3, 0.4) is 0 Å². The van der Waals surface area contributed by atoms with Crippen molar-refractivity contribution >= 4 is 16.0 Å². The molecule has 2 aromatic carbocycles. The summed E-state index contributed by atoms with van der Waals surface area (Å²) in [5, 5.41) is 3.30. The number of guanidine groups is 1. The smallest absolute Gasteiger partial charge is 0.242 e. The second kappa shape index (κ2) is 8.82. The molecule has 26 heavy (non-hydrogen) atoms. The van der Waals surface area contributed by atoms with E-state index < -0.39 is 10.0 Å². The van der Waals surface area contributed by atoms with Crippen LogP contribution >= 0.6 is 0 Å². The number of nitrogens with one attached hydrogen (secondary N) is 1. The van der Waals surface area contributed by atoms with Crippen molar-refractivity contribution in [1.29, 1.82) is 0 Å². The molecule has 0 atom stereocenters. The minimum Gasteiger partial charge on any atom is -0.352 e. The first-order chi connectivity index (χ1) is 12.3. The van der Waals surface area contributed by atoms with E-state index in [9.17, 15) is 8.42 Å². The lowest BCUT2D eigenvalue weighted by Crippen LogP contribution is -2.38. The number of hydrogen-bond donors (Lipinski definition) is 1. The molecule has 0 aliphatic heterocycles. The van der Waals surface area contributed by atoms with Crippen LogP contribution in [0.15, 0.2) is 64.5 Å². The molecule has 0 fully saturated rings. The van der Waals surface area contributed by atoms with E-state index in [2.05, 4.69) is 22.4 Å². The van der Waals surface area contributed by atoms with Gasteiger partial charge in [0.1, 0.15) is 0 Å². The molecule has 0 unspecified atom stereocenters. The van der Waals surface area contributed by atoms with Crippen LogP contribution in [0.5, 0.6) is 0 Å². The van der Waals surface area contributed by atoms with E-state index in [1.807, 2.05) is 42.3 Å². The summed E-state index contributed by atoms with van der Waals surface area (Å²) in [5.74, 6) is 0.777. The fourth-order valence-electron chi connectivity index (χ4n) is 2.49. The second-order valence-corrected chi connectivity index (χ2v) is 8.33. The summed E-state index contributed by atoms with van der Waals surface area (Å²) in [6.45, 7) is 1.31. The van der Waals surface area contributed by atoms with Crippen LogP contribution in [0.2, 0.25) is 0 Å². The normalized spacial score (nSPS) is 12.3. The Balaban J connectivity index is 1.98. The van der Waals surface area contributed by atoms with Gasteiger partial charge in [0.25, 0.3) is 0 Å². The number of rotatable bonds is 6. The summed E-state index contributed by atoms with van der Waals surface area (Å²) in [5.41, 5.74) is 2.19. The predicted molar refractivity (Wildman–Crippen MR) is 105 cm³/mol. The van der Waals surface area contributed by atoms with E-state index in [4.69, 9.17) is 0 Å². The first kappa shape index (κ1) is 19.9. The van der Waals surface area contributed by atoms with Crippen LogP contribution in [-0.2, 0) is 23.1 Å². The molecule has 0 aromatic heterocycles. The molecule has 1 N–H and O–H groups in total. The van der Waals surface area contributed by atoms with Gasteiger partial charge in [-0.2, -0.15) is 0 Å². The Morgan fingerprint density at radius 2 is 1.58 bits per heavy atom. The van der Waals surface area contributed by atoms with Gasteiger partial charge in [-0.15, -0.1) is 0 Å². The minimum absolute atomic E-state index is 0.289. The Hall–Kier alpha value is -2.38. The van der Waals surface area contributed by atoms with Crippen molar-refractivity contribution in [3.8, 4) is 0 Å². The Morgan fingerprint density at radius 3 is 2.12 bits per heavy atom. The molecule has 0 radical (unpaired) electrons. The van der Waals surface area contributed by atoms with Gasteiger partial charge in [-0.25, -0.2) is 12.7 Å². The highest BCUT2D eigenvalue weighted by Crippen LogP contribution is 2.14. The van der Waals surface area contributed by atoms with Crippen molar-refractivity contribution in [2.75, 3.05) is 28.2 Å². The van der Waals surface area contributed by atoms with Crippen molar-refractivity contribution in [2.45, 2.75) is 18.0 Å². The molecule has 0 saturated carbocycles. The molecular weight excluding hydrogens is 348 g/mol. The van der Waals surface area contributed by atoms with Crippen LogP contribution in [0.1, 0.15) is 11.1 Å². The van der Waals surface area contributed by atoms with Crippen molar-refractivity contribution in [2.24, 2.45) is 4.99 Å². The van der Waals surface area contributed by atoms with Gasteiger partial charge in [0.15, 0.2) is 5.96 Å². The zero-order valence-corrected chi connectivity index (χ0v) is 16.5. The van der Waals surface area contributed by atoms with E-state index in [1.165, 1.54) is 24.0 Å². The first-order valence-corrected chi connectivity index (χ1v) is 9.76. The zero-order valence-electron chi connectivity index (χ0n) is 15.7. The van der Waals surface area contributed by atoms with E-state index >= 15 is 0 Å². The summed E-state index contributed by atoms with van der Waals surface area (Å²) in [4.78, 5) is 6.64. The Labute approximate surface area is 156 Å².